The predicted molar refractivity (Wildman–Crippen MR) is 71.5 cm³/mol. The average Bonchev–Trinajstić information content (AvgIpc) is 2.41. The van der Waals surface area contributed by atoms with E-state index in [1.54, 1.807) is 6.07 Å². The van der Waals surface area contributed by atoms with Gasteiger partial charge < -0.3 is 5.32 Å². The van der Waals surface area contributed by atoms with Crippen LogP contribution in [0.2, 0.25) is 0 Å². The van der Waals surface area contributed by atoms with Crippen LogP contribution in [0.4, 0.5) is 20.2 Å². The molecule has 0 heterocycles. The molecule has 0 aliphatic heterocycles. The third-order valence-corrected chi connectivity index (χ3v) is 2.94. The quantitative estimate of drug-likeness (QED) is 0.683. The summed E-state index contributed by atoms with van der Waals surface area (Å²) in [6, 6.07) is 7.95. The van der Waals surface area contributed by atoms with Gasteiger partial charge in [-0.2, -0.15) is 4.39 Å². The summed E-state index contributed by atoms with van der Waals surface area (Å²) in [5.41, 5.74) is 1.44. The molecule has 2 rings (SSSR count). The first-order valence-electron chi connectivity index (χ1n) is 5.90. The molecule has 0 aliphatic rings. The van der Waals surface area contributed by atoms with Gasteiger partial charge in [0.25, 0.3) is 0 Å². The van der Waals surface area contributed by atoms with E-state index in [4.69, 9.17) is 0 Å². The van der Waals surface area contributed by atoms with Crippen LogP contribution in [-0.4, -0.2) is 4.92 Å². The van der Waals surface area contributed by atoms with E-state index in [0.717, 1.165) is 23.3 Å². The van der Waals surface area contributed by atoms with E-state index in [-0.39, 0.29) is 5.82 Å². The summed E-state index contributed by atoms with van der Waals surface area (Å²) in [5.74, 6) is -1.24. The maximum atomic E-state index is 13.2. The molecule has 0 unspecified atom stereocenters. The maximum Gasteiger partial charge on any atom is 0.306 e. The lowest BCUT2D eigenvalue weighted by molar-refractivity contribution is -0.387. The highest BCUT2D eigenvalue weighted by atomic mass is 19.1. The van der Waals surface area contributed by atoms with Gasteiger partial charge in [-0.15, -0.1) is 0 Å². The van der Waals surface area contributed by atoms with E-state index in [9.17, 15) is 18.9 Å². The summed E-state index contributed by atoms with van der Waals surface area (Å²) >= 11 is 0. The molecule has 0 amide bonds. The molecule has 20 heavy (non-hydrogen) atoms. The van der Waals surface area contributed by atoms with Crippen LogP contribution in [0, 0.1) is 28.7 Å². The fraction of sp³-hybridized carbons (Fsp3) is 0.143. The number of nitrogens with zero attached hydrogens (tertiary/aromatic N) is 1. The zero-order valence-electron chi connectivity index (χ0n) is 10.7. The van der Waals surface area contributed by atoms with Crippen molar-refractivity contribution in [3.8, 4) is 0 Å². The van der Waals surface area contributed by atoms with E-state index in [0.29, 0.717) is 12.2 Å². The summed E-state index contributed by atoms with van der Waals surface area (Å²) in [6.07, 6.45) is 0. The van der Waals surface area contributed by atoms with Crippen molar-refractivity contribution in [2.24, 2.45) is 0 Å². The van der Waals surface area contributed by atoms with Crippen LogP contribution in [0.15, 0.2) is 36.4 Å². The number of nitro benzene ring substituents is 1. The van der Waals surface area contributed by atoms with Gasteiger partial charge in [0.05, 0.1) is 4.92 Å². The molecule has 0 spiro atoms. The third-order valence-electron chi connectivity index (χ3n) is 2.94. The fourth-order valence-corrected chi connectivity index (χ4v) is 1.79. The van der Waals surface area contributed by atoms with E-state index < -0.39 is 16.4 Å². The van der Waals surface area contributed by atoms with Crippen molar-refractivity contribution >= 4 is 11.4 Å². The normalized spacial score (nSPS) is 10.3. The van der Waals surface area contributed by atoms with Gasteiger partial charge >= 0.3 is 5.69 Å². The van der Waals surface area contributed by atoms with Crippen LogP contribution in [0.3, 0.4) is 0 Å². The molecule has 0 radical (unpaired) electrons. The van der Waals surface area contributed by atoms with Gasteiger partial charge in [-0.3, -0.25) is 10.1 Å². The number of aryl methyl sites for hydroxylation is 1. The van der Waals surface area contributed by atoms with Crippen molar-refractivity contribution in [2.75, 3.05) is 5.32 Å². The monoisotopic (exact) mass is 278 g/mol. The fourth-order valence-electron chi connectivity index (χ4n) is 1.79. The van der Waals surface area contributed by atoms with Gasteiger partial charge in [0, 0.05) is 18.3 Å². The van der Waals surface area contributed by atoms with Gasteiger partial charge in [0.15, 0.2) is 0 Å². The second-order valence-electron chi connectivity index (χ2n) is 4.35. The molecule has 0 bridgehead atoms. The van der Waals surface area contributed by atoms with Crippen LogP contribution < -0.4 is 5.32 Å². The smallest absolute Gasteiger partial charge is 0.306 e. The summed E-state index contributed by atoms with van der Waals surface area (Å²) in [6.45, 7) is 2.13. The van der Waals surface area contributed by atoms with Crippen LogP contribution in [0.1, 0.15) is 11.1 Å². The average molecular weight is 278 g/mol. The van der Waals surface area contributed by atoms with E-state index in [2.05, 4.69) is 5.32 Å². The minimum absolute atomic E-state index is 0.298. The lowest BCUT2D eigenvalue weighted by Gasteiger charge is -2.09. The van der Waals surface area contributed by atoms with Crippen molar-refractivity contribution in [2.45, 2.75) is 13.5 Å². The standard InChI is InChI=1S/C14H12F2N2O2/c1-9-2-3-11(15)6-10(9)8-17-12-4-5-13(16)14(7-12)18(19)20/h2-7,17H,8H2,1H3. The zero-order chi connectivity index (χ0) is 14.7. The van der Waals surface area contributed by atoms with Gasteiger partial charge in [0.1, 0.15) is 5.82 Å². The number of halogens is 2. The molecule has 0 aromatic heterocycles. The molecule has 0 saturated carbocycles. The Hall–Kier alpha value is -2.50. The number of anilines is 1. The van der Waals surface area contributed by atoms with Crippen molar-refractivity contribution in [1.29, 1.82) is 0 Å². The zero-order valence-corrected chi connectivity index (χ0v) is 10.7. The Morgan fingerprint density at radius 2 is 1.95 bits per heavy atom. The Bertz CT molecular complexity index is 660. The van der Waals surface area contributed by atoms with Gasteiger partial charge in [-0.25, -0.2) is 4.39 Å². The Morgan fingerprint density at radius 3 is 2.65 bits per heavy atom. The second-order valence-corrected chi connectivity index (χ2v) is 4.35. The minimum Gasteiger partial charge on any atom is -0.381 e. The molecule has 0 saturated heterocycles. The van der Waals surface area contributed by atoms with Gasteiger partial charge in [-0.05, 0) is 42.3 Å². The van der Waals surface area contributed by atoms with Gasteiger partial charge in [-0.1, -0.05) is 6.07 Å². The van der Waals surface area contributed by atoms with Crippen LogP contribution in [-0.2, 0) is 6.54 Å². The first-order valence-corrected chi connectivity index (χ1v) is 5.90. The molecule has 2 aromatic rings. The Labute approximate surface area is 114 Å². The number of hydrogen-bond donors (Lipinski definition) is 1. The molecule has 0 atom stereocenters. The predicted octanol–water partition coefficient (Wildman–Crippen LogP) is 3.79. The molecular weight excluding hydrogens is 266 g/mol. The lowest BCUT2D eigenvalue weighted by atomic mass is 10.1. The summed E-state index contributed by atoms with van der Waals surface area (Å²) in [7, 11) is 0. The van der Waals surface area contributed by atoms with E-state index in [1.807, 2.05) is 6.92 Å². The maximum absolute atomic E-state index is 13.2. The third kappa shape index (κ3) is 3.09. The van der Waals surface area contributed by atoms with Crippen LogP contribution in [0.25, 0.3) is 0 Å². The van der Waals surface area contributed by atoms with Crippen LogP contribution >= 0.6 is 0 Å². The highest BCUT2D eigenvalue weighted by Gasteiger charge is 2.14. The number of nitrogens with one attached hydrogen (secondary N) is 1. The first-order chi connectivity index (χ1) is 9.47. The number of rotatable bonds is 4. The number of nitro groups is 1. The van der Waals surface area contributed by atoms with Crippen LogP contribution in [0.5, 0.6) is 0 Å². The molecule has 2 aromatic carbocycles. The Kier molecular flexibility index (Phi) is 3.93. The molecule has 1 N–H and O–H groups in total. The summed E-state index contributed by atoms with van der Waals surface area (Å²) in [5, 5.41) is 13.5. The van der Waals surface area contributed by atoms with Crippen molar-refractivity contribution in [1.82, 2.24) is 0 Å². The first kappa shape index (κ1) is 13.9. The van der Waals surface area contributed by atoms with E-state index in [1.165, 1.54) is 18.2 Å². The van der Waals surface area contributed by atoms with Crippen molar-refractivity contribution in [3.05, 3.63) is 69.3 Å². The molecule has 0 aliphatic carbocycles. The van der Waals surface area contributed by atoms with Crippen molar-refractivity contribution in [3.63, 3.8) is 0 Å². The highest BCUT2D eigenvalue weighted by molar-refractivity contribution is 5.52. The molecule has 104 valence electrons. The SMILES string of the molecule is Cc1ccc(F)cc1CNc1ccc(F)c([N+](=O)[O-])c1. The summed E-state index contributed by atoms with van der Waals surface area (Å²) < 4.78 is 26.3. The van der Waals surface area contributed by atoms with Gasteiger partial charge in [0.2, 0.25) is 5.82 Å². The Morgan fingerprint density at radius 1 is 1.20 bits per heavy atom. The minimum atomic E-state index is -0.887. The molecule has 4 nitrogen and oxygen atoms in total. The summed E-state index contributed by atoms with van der Waals surface area (Å²) in [4.78, 5) is 9.85. The largest absolute Gasteiger partial charge is 0.381 e. The topological polar surface area (TPSA) is 55.2 Å². The molecule has 6 heteroatoms. The molecule has 0 fully saturated rings. The number of benzene rings is 2. The number of hydrogen-bond acceptors (Lipinski definition) is 3. The second kappa shape index (κ2) is 5.64. The lowest BCUT2D eigenvalue weighted by Crippen LogP contribution is -2.03. The highest BCUT2D eigenvalue weighted by Crippen LogP contribution is 2.22. The van der Waals surface area contributed by atoms with E-state index >= 15 is 0 Å². The van der Waals surface area contributed by atoms with Crippen molar-refractivity contribution < 1.29 is 13.7 Å². The Balaban J connectivity index is 2.17. The molecular formula is C14H12F2N2O2.